The Bertz CT molecular complexity index is 650. The van der Waals surface area contributed by atoms with Crippen LogP contribution in [-0.2, 0) is 12.8 Å². The van der Waals surface area contributed by atoms with Crippen LogP contribution in [0.15, 0.2) is 42.5 Å². The summed E-state index contributed by atoms with van der Waals surface area (Å²) in [6.07, 6.45) is 2.13. The summed E-state index contributed by atoms with van der Waals surface area (Å²) >= 11 is 0. The van der Waals surface area contributed by atoms with Gasteiger partial charge in [0.05, 0.1) is 11.0 Å². The summed E-state index contributed by atoms with van der Waals surface area (Å²) in [5.41, 5.74) is 4.91. The molecule has 1 heteroatoms. The third kappa shape index (κ3) is 1.86. The number of fused-ring (bicyclic) bond motifs is 2. The summed E-state index contributed by atoms with van der Waals surface area (Å²) in [4.78, 5) is 4.76. The summed E-state index contributed by atoms with van der Waals surface area (Å²) < 4.78 is 0. The second-order valence-corrected chi connectivity index (χ2v) is 4.75. The lowest BCUT2D eigenvalue weighted by Crippen LogP contribution is -1.87. The van der Waals surface area contributed by atoms with Gasteiger partial charge >= 0.3 is 0 Å². The van der Waals surface area contributed by atoms with Crippen molar-refractivity contribution in [1.82, 2.24) is 4.98 Å². The summed E-state index contributed by atoms with van der Waals surface area (Å²) in [5, 5.41) is 2.47. The Morgan fingerprint density at radius 2 is 1.44 bits per heavy atom. The molecule has 90 valence electrons. The second kappa shape index (κ2) is 4.41. The molecule has 0 atom stereocenters. The van der Waals surface area contributed by atoms with Crippen LogP contribution in [0.2, 0.25) is 0 Å². The van der Waals surface area contributed by atoms with E-state index in [4.69, 9.17) is 4.98 Å². The number of aromatic nitrogens is 1. The van der Waals surface area contributed by atoms with E-state index >= 15 is 0 Å². The number of nitrogens with zero attached hydrogens (tertiary/aromatic N) is 1. The van der Waals surface area contributed by atoms with E-state index in [1.54, 1.807) is 0 Å². The molecule has 0 aliphatic carbocycles. The molecule has 1 heterocycles. The van der Waals surface area contributed by atoms with Crippen LogP contribution >= 0.6 is 0 Å². The van der Waals surface area contributed by atoms with Crippen LogP contribution < -0.4 is 0 Å². The largest absolute Gasteiger partial charge is 0.248 e. The summed E-state index contributed by atoms with van der Waals surface area (Å²) in [6.45, 7) is 4.36. The molecule has 0 spiro atoms. The fourth-order valence-electron chi connectivity index (χ4n) is 2.37. The molecule has 0 radical (unpaired) electrons. The smallest absolute Gasteiger partial charge is 0.0712 e. The van der Waals surface area contributed by atoms with E-state index in [0.717, 1.165) is 23.9 Å². The van der Waals surface area contributed by atoms with E-state index in [-0.39, 0.29) is 0 Å². The van der Waals surface area contributed by atoms with Gasteiger partial charge in [0, 0.05) is 10.8 Å². The quantitative estimate of drug-likeness (QED) is 0.595. The molecule has 3 aromatic rings. The third-order valence-corrected chi connectivity index (χ3v) is 3.56. The van der Waals surface area contributed by atoms with Crippen molar-refractivity contribution in [2.24, 2.45) is 0 Å². The number of hydrogen-bond acceptors (Lipinski definition) is 1. The molecule has 0 aliphatic rings. The van der Waals surface area contributed by atoms with E-state index in [1.165, 1.54) is 21.9 Å². The summed E-state index contributed by atoms with van der Waals surface area (Å²) in [7, 11) is 0. The fourth-order valence-corrected chi connectivity index (χ4v) is 2.37. The van der Waals surface area contributed by atoms with Gasteiger partial charge in [-0.05, 0) is 48.2 Å². The molecule has 1 aromatic heterocycles. The van der Waals surface area contributed by atoms with Gasteiger partial charge < -0.3 is 0 Å². The molecule has 0 unspecified atom stereocenters. The molecule has 18 heavy (non-hydrogen) atoms. The molecule has 2 aromatic carbocycles. The van der Waals surface area contributed by atoms with Crippen molar-refractivity contribution in [3.63, 3.8) is 0 Å². The number of benzene rings is 2. The zero-order valence-electron chi connectivity index (χ0n) is 10.9. The molecule has 0 amide bonds. The Hall–Kier alpha value is -1.89. The lowest BCUT2D eigenvalue weighted by atomic mass is 10.0. The van der Waals surface area contributed by atoms with Crippen molar-refractivity contribution in [3.8, 4) is 0 Å². The first-order valence-corrected chi connectivity index (χ1v) is 6.62. The molecule has 0 aliphatic heterocycles. The van der Waals surface area contributed by atoms with Crippen LogP contribution in [-0.4, -0.2) is 4.98 Å². The van der Waals surface area contributed by atoms with E-state index in [9.17, 15) is 0 Å². The Balaban J connectivity index is 2.28. The highest BCUT2D eigenvalue weighted by Gasteiger charge is 2.01. The van der Waals surface area contributed by atoms with Gasteiger partial charge in [0.1, 0.15) is 0 Å². The van der Waals surface area contributed by atoms with E-state index in [1.807, 2.05) is 0 Å². The minimum Gasteiger partial charge on any atom is -0.248 e. The summed E-state index contributed by atoms with van der Waals surface area (Å²) in [5.74, 6) is 0. The maximum Gasteiger partial charge on any atom is 0.0712 e. The van der Waals surface area contributed by atoms with Gasteiger partial charge in [-0.2, -0.15) is 0 Å². The van der Waals surface area contributed by atoms with Crippen LogP contribution in [0.25, 0.3) is 21.8 Å². The van der Waals surface area contributed by atoms with Crippen LogP contribution in [0.5, 0.6) is 0 Å². The molecule has 0 fully saturated rings. The number of aryl methyl sites for hydroxylation is 2. The standard InChI is InChI=1S/C17H17N/c1-3-12-6-8-16-15(9-12)11-14-7-5-13(4-2)10-17(14)18-16/h5-11H,3-4H2,1-2H3. The Labute approximate surface area is 107 Å². The molecular formula is C17H17N. The SMILES string of the molecule is CCc1ccc2nc3cc(CC)ccc3cc2c1. The Morgan fingerprint density at radius 1 is 0.722 bits per heavy atom. The van der Waals surface area contributed by atoms with Gasteiger partial charge in [-0.1, -0.05) is 32.0 Å². The average Bonchev–Trinajstić information content (AvgIpc) is 2.43. The number of pyridine rings is 1. The first-order valence-electron chi connectivity index (χ1n) is 6.62. The molecule has 0 saturated carbocycles. The zero-order chi connectivity index (χ0) is 12.5. The monoisotopic (exact) mass is 235 g/mol. The van der Waals surface area contributed by atoms with Gasteiger partial charge in [-0.15, -0.1) is 0 Å². The van der Waals surface area contributed by atoms with Crippen LogP contribution in [0.3, 0.4) is 0 Å². The van der Waals surface area contributed by atoms with E-state index in [2.05, 4.69) is 56.3 Å². The molecule has 3 rings (SSSR count). The van der Waals surface area contributed by atoms with Crippen molar-refractivity contribution in [3.05, 3.63) is 53.6 Å². The fraction of sp³-hybridized carbons (Fsp3) is 0.235. The van der Waals surface area contributed by atoms with Crippen molar-refractivity contribution < 1.29 is 0 Å². The predicted octanol–water partition coefficient (Wildman–Crippen LogP) is 4.51. The van der Waals surface area contributed by atoms with Crippen molar-refractivity contribution in [2.45, 2.75) is 26.7 Å². The molecular weight excluding hydrogens is 218 g/mol. The van der Waals surface area contributed by atoms with Crippen LogP contribution in [0, 0.1) is 0 Å². The molecule has 1 nitrogen and oxygen atoms in total. The summed E-state index contributed by atoms with van der Waals surface area (Å²) in [6, 6.07) is 15.4. The highest BCUT2D eigenvalue weighted by atomic mass is 14.7. The predicted molar refractivity (Wildman–Crippen MR) is 78.0 cm³/mol. The first-order chi connectivity index (χ1) is 8.80. The van der Waals surface area contributed by atoms with Crippen molar-refractivity contribution >= 4 is 21.8 Å². The lowest BCUT2D eigenvalue weighted by Gasteiger charge is -2.05. The van der Waals surface area contributed by atoms with E-state index in [0.29, 0.717) is 0 Å². The topological polar surface area (TPSA) is 12.9 Å². The number of hydrogen-bond donors (Lipinski definition) is 0. The Kier molecular flexibility index (Phi) is 2.75. The van der Waals surface area contributed by atoms with Gasteiger partial charge in [0.2, 0.25) is 0 Å². The van der Waals surface area contributed by atoms with Gasteiger partial charge in [0.15, 0.2) is 0 Å². The maximum absolute atomic E-state index is 4.76. The average molecular weight is 235 g/mol. The molecule has 0 saturated heterocycles. The molecule has 0 N–H and O–H groups in total. The second-order valence-electron chi connectivity index (χ2n) is 4.75. The highest BCUT2D eigenvalue weighted by molar-refractivity contribution is 5.93. The maximum atomic E-state index is 4.76. The van der Waals surface area contributed by atoms with Crippen LogP contribution in [0.1, 0.15) is 25.0 Å². The minimum absolute atomic E-state index is 1.06. The van der Waals surface area contributed by atoms with E-state index < -0.39 is 0 Å². The zero-order valence-corrected chi connectivity index (χ0v) is 10.9. The van der Waals surface area contributed by atoms with Gasteiger partial charge in [0.25, 0.3) is 0 Å². The van der Waals surface area contributed by atoms with Crippen LogP contribution in [0.4, 0.5) is 0 Å². The first kappa shape index (κ1) is 11.2. The van der Waals surface area contributed by atoms with Gasteiger partial charge in [-0.3, -0.25) is 0 Å². The minimum atomic E-state index is 1.06. The Morgan fingerprint density at radius 3 is 2.22 bits per heavy atom. The lowest BCUT2D eigenvalue weighted by molar-refractivity contribution is 1.14. The highest BCUT2D eigenvalue weighted by Crippen LogP contribution is 2.22. The van der Waals surface area contributed by atoms with Gasteiger partial charge in [-0.25, -0.2) is 4.98 Å². The van der Waals surface area contributed by atoms with Crippen molar-refractivity contribution in [2.75, 3.05) is 0 Å². The third-order valence-electron chi connectivity index (χ3n) is 3.56. The normalized spacial score (nSPS) is 11.2. The van der Waals surface area contributed by atoms with Crippen molar-refractivity contribution in [1.29, 1.82) is 0 Å². The molecule has 0 bridgehead atoms. The number of rotatable bonds is 2.